The second-order valence-corrected chi connectivity index (χ2v) is 8.42. The van der Waals surface area contributed by atoms with Crippen LogP contribution in [0.25, 0.3) is 6.08 Å². The highest BCUT2D eigenvalue weighted by Gasteiger charge is 2.36. The number of imide groups is 2. The zero-order valence-corrected chi connectivity index (χ0v) is 20.4. The van der Waals surface area contributed by atoms with Gasteiger partial charge >= 0.3 is 6.03 Å². The van der Waals surface area contributed by atoms with Crippen LogP contribution >= 0.6 is 23.2 Å². The fourth-order valence-corrected chi connectivity index (χ4v) is 3.76. The lowest BCUT2D eigenvalue weighted by molar-refractivity contribution is -0.122. The van der Waals surface area contributed by atoms with E-state index in [4.69, 9.17) is 32.7 Å². The van der Waals surface area contributed by atoms with Crippen molar-refractivity contribution >= 4 is 52.8 Å². The van der Waals surface area contributed by atoms with Crippen molar-refractivity contribution in [3.05, 3.63) is 93.2 Å². The van der Waals surface area contributed by atoms with Crippen molar-refractivity contribution in [2.75, 3.05) is 11.5 Å². The van der Waals surface area contributed by atoms with E-state index in [9.17, 15) is 18.8 Å². The number of barbiturate groups is 1. The SMILES string of the molecule is CCOc1cc(/C=C2\C(=O)NC(=O)N(c3ccc(F)cc3)C2=O)ccc1OCc1ccc(Cl)c(Cl)c1. The van der Waals surface area contributed by atoms with E-state index < -0.39 is 23.7 Å². The number of carbonyl (C=O) groups is 3. The lowest BCUT2D eigenvalue weighted by Gasteiger charge is -2.26. The number of ether oxygens (including phenoxy) is 2. The van der Waals surface area contributed by atoms with Gasteiger partial charge in [-0.25, -0.2) is 14.1 Å². The van der Waals surface area contributed by atoms with Crippen molar-refractivity contribution in [3.63, 3.8) is 0 Å². The van der Waals surface area contributed by atoms with Crippen LogP contribution in [-0.2, 0) is 16.2 Å². The van der Waals surface area contributed by atoms with Crippen molar-refractivity contribution in [3.8, 4) is 11.5 Å². The number of rotatable bonds is 7. The summed E-state index contributed by atoms with van der Waals surface area (Å²) in [6.45, 7) is 2.35. The Morgan fingerprint density at radius 3 is 2.36 bits per heavy atom. The highest BCUT2D eigenvalue weighted by Crippen LogP contribution is 2.31. The summed E-state index contributed by atoms with van der Waals surface area (Å²) in [5.41, 5.74) is 1.12. The van der Waals surface area contributed by atoms with E-state index in [1.165, 1.54) is 18.2 Å². The monoisotopic (exact) mass is 528 g/mol. The predicted octanol–water partition coefficient (Wildman–Crippen LogP) is 5.78. The van der Waals surface area contributed by atoms with Crippen LogP contribution in [0.3, 0.4) is 0 Å². The van der Waals surface area contributed by atoms with E-state index >= 15 is 0 Å². The molecule has 0 aromatic heterocycles. The molecule has 7 nitrogen and oxygen atoms in total. The Hall–Kier alpha value is -3.88. The van der Waals surface area contributed by atoms with E-state index in [0.29, 0.717) is 33.7 Å². The molecular formula is C26H19Cl2FN2O5. The van der Waals surface area contributed by atoms with Crippen molar-refractivity contribution < 1.29 is 28.2 Å². The minimum atomic E-state index is -0.921. The standard InChI is InChI=1S/C26H19Cl2FN2O5/c1-2-35-23-13-15(4-10-22(23)36-14-16-3-9-20(27)21(28)12-16)11-19-24(32)30-26(34)31(25(19)33)18-7-5-17(29)6-8-18/h3-13H,2,14H2,1H3,(H,30,32,34)/b19-11+. The van der Waals surface area contributed by atoms with Crippen LogP contribution in [-0.4, -0.2) is 24.5 Å². The molecule has 0 saturated carbocycles. The summed E-state index contributed by atoms with van der Waals surface area (Å²) in [5.74, 6) is -1.38. The lowest BCUT2D eigenvalue weighted by Crippen LogP contribution is -2.54. The lowest BCUT2D eigenvalue weighted by atomic mass is 10.1. The summed E-state index contributed by atoms with van der Waals surface area (Å²) < 4.78 is 24.9. The quantitative estimate of drug-likeness (QED) is 0.310. The largest absolute Gasteiger partial charge is 0.490 e. The number of anilines is 1. The summed E-state index contributed by atoms with van der Waals surface area (Å²) in [7, 11) is 0. The summed E-state index contributed by atoms with van der Waals surface area (Å²) >= 11 is 12.0. The molecule has 4 amide bonds. The third kappa shape index (κ3) is 5.50. The Bertz CT molecular complexity index is 1380. The fraction of sp³-hybridized carbons (Fsp3) is 0.115. The van der Waals surface area contributed by atoms with Gasteiger partial charge in [0, 0.05) is 0 Å². The minimum absolute atomic E-state index is 0.123. The van der Waals surface area contributed by atoms with Crippen molar-refractivity contribution in [2.45, 2.75) is 13.5 Å². The number of hydrogen-bond acceptors (Lipinski definition) is 5. The summed E-state index contributed by atoms with van der Waals surface area (Å²) in [6, 6.07) is 13.9. The zero-order valence-electron chi connectivity index (χ0n) is 18.9. The van der Waals surface area contributed by atoms with Crippen LogP contribution in [0.1, 0.15) is 18.1 Å². The van der Waals surface area contributed by atoms with Gasteiger partial charge in [0.1, 0.15) is 18.0 Å². The second-order valence-electron chi connectivity index (χ2n) is 7.61. The first kappa shape index (κ1) is 25.2. The van der Waals surface area contributed by atoms with Gasteiger partial charge in [0.25, 0.3) is 11.8 Å². The van der Waals surface area contributed by atoms with E-state index in [0.717, 1.165) is 22.6 Å². The Balaban J connectivity index is 1.60. The van der Waals surface area contributed by atoms with Gasteiger partial charge in [0.15, 0.2) is 11.5 Å². The van der Waals surface area contributed by atoms with Gasteiger partial charge in [-0.3, -0.25) is 14.9 Å². The molecule has 1 saturated heterocycles. The molecule has 1 aliphatic heterocycles. The van der Waals surface area contributed by atoms with Crippen LogP contribution in [0.15, 0.2) is 66.2 Å². The minimum Gasteiger partial charge on any atom is -0.490 e. The van der Waals surface area contributed by atoms with Crippen LogP contribution < -0.4 is 19.7 Å². The van der Waals surface area contributed by atoms with Crippen molar-refractivity contribution in [1.29, 1.82) is 0 Å². The number of carbonyl (C=O) groups excluding carboxylic acids is 3. The Morgan fingerprint density at radius 2 is 1.67 bits per heavy atom. The first-order valence-corrected chi connectivity index (χ1v) is 11.5. The maximum Gasteiger partial charge on any atom is 0.335 e. The molecule has 3 aromatic rings. The van der Waals surface area contributed by atoms with Crippen molar-refractivity contribution in [2.24, 2.45) is 0 Å². The topological polar surface area (TPSA) is 84.9 Å². The first-order chi connectivity index (χ1) is 17.3. The third-order valence-corrected chi connectivity index (χ3v) is 5.88. The molecule has 0 unspecified atom stereocenters. The Kier molecular flexibility index (Phi) is 7.57. The molecule has 0 radical (unpaired) electrons. The molecule has 0 atom stereocenters. The smallest absolute Gasteiger partial charge is 0.335 e. The highest BCUT2D eigenvalue weighted by atomic mass is 35.5. The maximum atomic E-state index is 13.3. The average molecular weight is 529 g/mol. The number of halogens is 3. The molecule has 0 spiro atoms. The summed E-state index contributed by atoms with van der Waals surface area (Å²) in [5, 5.41) is 2.98. The van der Waals surface area contributed by atoms with E-state index in [1.807, 2.05) is 0 Å². The fourth-order valence-electron chi connectivity index (χ4n) is 3.44. The van der Waals surface area contributed by atoms with Gasteiger partial charge < -0.3 is 9.47 Å². The van der Waals surface area contributed by atoms with E-state index in [-0.39, 0.29) is 17.9 Å². The second kappa shape index (κ2) is 10.8. The number of amides is 4. The van der Waals surface area contributed by atoms with Crippen molar-refractivity contribution in [1.82, 2.24) is 5.32 Å². The van der Waals surface area contributed by atoms with Crippen LogP contribution in [0.5, 0.6) is 11.5 Å². The molecule has 0 aliphatic carbocycles. The predicted molar refractivity (Wildman–Crippen MR) is 134 cm³/mol. The number of benzene rings is 3. The molecule has 1 aliphatic rings. The molecule has 1 fully saturated rings. The molecule has 10 heteroatoms. The van der Waals surface area contributed by atoms with E-state index in [1.54, 1.807) is 43.3 Å². The normalized spacial score (nSPS) is 14.7. The van der Waals surface area contributed by atoms with Crippen LogP contribution in [0.2, 0.25) is 10.0 Å². The van der Waals surface area contributed by atoms with Gasteiger partial charge in [-0.1, -0.05) is 35.3 Å². The number of nitrogens with one attached hydrogen (secondary N) is 1. The molecule has 36 heavy (non-hydrogen) atoms. The number of urea groups is 1. The molecule has 0 bridgehead atoms. The molecular weight excluding hydrogens is 510 g/mol. The van der Waals surface area contributed by atoms with Gasteiger partial charge in [0.05, 0.1) is 22.3 Å². The highest BCUT2D eigenvalue weighted by molar-refractivity contribution is 6.42. The zero-order chi connectivity index (χ0) is 25.8. The summed E-state index contributed by atoms with van der Waals surface area (Å²) in [4.78, 5) is 38.6. The van der Waals surface area contributed by atoms with Gasteiger partial charge in [0.2, 0.25) is 0 Å². The van der Waals surface area contributed by atoms with Gasteiger partial charge in [-0.2, -0.15) is 0 Å². The molecule has 1 N–H and O–H groups in total. The molecule has 1 heterocycles. The van der Waals surface area contributed by atoms with Gasteiger partial charge in [-0.05, 0) is 72.7 Å². The van der Waals surface area contributed by atoms with Crippen LogP contribution in [0.4, 0.5) is 14.9 Å². The van der Waals surface area contributed by atoms with E-state index in [2.05, 4.69) is 5.32 Å². The molecule has 184 valence electrons. The Labute approximate surface area is 216 Å². The third-order valence-electron chi connectivity index (χ3n) is 5.14. The summed E-state index contributed by atoms with van der Waals surface area (Å²) in [6.07, 6.45) is 1.34. The average Bonchev–Trinajstić information content (AvgIpc) is 2.84. The molecule has 3 aromatic carbocycles. The maximum absolute atomic E-state index is 13.3. The molecule has 4 rings (SSSR count). The van der Waals surface area contributed by atoms with Gasteiger partial charge in [-0.15, -0.1) is 0 Å². The number of hydrogen-bond donors (Lipinski definition) is 1. The first-order valence-electron chi connectivity index (χ1n) is 10.8. The Morgan fingerprint density at radius 1 is 0.917 bits per heavy atom. The van der Waals surface area contributed by atoms with Crippen LogP contribution in [0, 0.1) is 5.82 Å². The number of nitrogens with zero attached hydrogens (tertiary/aromatic N) is 1.